The Balaban J connectivity index is 1.79. The van der Waals surface area contributed by atoms with E-state index >= 15 is 0 Å². The number of nitriles is 1. The van der Waals surface area contributed by atoms with E-state index in [9.17, 15) is 4.79 Å². The first-order valence-electron chi connectivity index (χ1n) is 9.75. The van der Waals surface area contributed by atoms with Crippen LogP contribution in [0.25, 0.3) is 10.2 Å². The highest BCUT2D eigenvalue weighted by molar-refractivity contribution is 7.18. The first kappa shape index (κ1) is 18.7. The second kappa shape index (κ2) is 8.15. The van der Waals surface area contributed by atoms with Gasteiger partial charge in [-0.05, 0) is 55.4 Å². The SMILES string of the molecule is COc1ccc(Cc2nc3sc4c(c3c(=O)n2CCCC#N)CCCC4)cc1. The van der Waals surface area contributed by atoms with Crippen molar-refractivity contribution in [1.82, 2.24) is 9.55 Å². The van der Waals surface area contributed by atoms with Crippen molar-refractivity contribution in [2.45, 2.75) is 51.5 Å². The monoisotopic (exact) mass is 393 g/mol. The molecule has 1 aliphatic rings. The number of methoxy groups -OCH3 is 1. The van der Waals surface area contributed by atoms with Gasteiger partial charge in [-0.2, -0.15) is 5.26 Å². The molecule has 3 aromatic rings. The highest BCUT2D eigenvalue weighted by Gasteiger charge is 2.22. The Morgan fingerprint density at radius 1 is 1.25 bits per heavy atom. The number of fused-ring (bicyclic) bond motifs is 3. The molecule has 0 amide bonds. The van der Waals surface area contributed by atoms with E-state index in [1.807, 2.05) is 24.3 Å². The molecule has 0 unspecified atom stereocenters. The predicted octanol–water partition coefficient (Wildman–Crippen LogP) is 4.24. The molecule has 0 fully saturated rings. The topological polar surface area (TPSA) is 67.9 Å². The number of unbranched alkanes of at least 4 members (excludes halogenated alkanes) is 1. The zero-order valence-corrected chi connectivity index (χ0v) is 16.8. The molecule has 2 aromatic heterocycles. The Kier molecular flexibility index (Phi) is 5.45. The highest BCUT2D eigenvalue weighted by atomic mass is 32.1. The lowest BCUT2D eigenvalue weighted by Gasteiger charge is -2.14. The average Bonchev–Trinajstić information content (AvgIpc) is 3.09. The van der Waals surface area contributed by atoms with E-state index in [-0.39, 0.29) is 5.56 Å². The molecule has 0 aliphatic heterocycles. The summed E-state index contributed by atoms with van der Waals surface area (Å²) in [5, 5.41) is 9.72. The van der Waals surface area contributed by atoms with Crippen molar-refractivity contribution in [3.8, 4) is 11.8 Å². The molecule has 0 saturated heterocycles. The lowest BCUT2D eigenvalue weighted by atomic mass is 9.97. The van der Waals surface area contributed by atoms with Crippen LogP contribution in [0.3, 0.4) is 0 Å². The number of hydrogen-bond acceptors (Lipinski definition) is 5. The van der Waals surface area contributed by atoms with E-state index in [1.165, 1.54) is 16.9 Å². The van der Waals surface area contributed by atoms with E-state index in [4.69, 9.17) is 15.0 Å². The number of thiophene rings is 1. The molecule has 0 saturated carbocycles. The van der Waals surface area contributed by atoms with Gasteiger partial charge in [-0.3, -0.25) is 9.36 Å². The van der Waals surface area contributed by atoms with E-state index in [0.717, 1.165) is 46.6 Å². The molecule has 0 N–H and O–H groups in total. The fraction of sp³-hybridized carbons (Fsp3) is 0.409. The van der Waals surface area contributed by atoms with Crippen LogP contribution in [0.4, 0.5) is 0 Å². The van der Waals surface area contributed by atoms with Crippen molar-refractivity contribution in [3.05, 3.63) is 56.4 Å². The van der Waals surface area contributed by atoms with Gasteiger partial charge in [0.05, 0.1) is 18.6 Å². The number of ether oxygens (including phenoxy) is 1. The van der Waals surface area contributed by atoms with Crippen molar-refractivity contribution in [3.63, 3.8) is 0 Å². The second-order valence-corrected chi connectivity index (χ2v) is 8.25. The molecule has 0 radical (unpaired) electrons. The third kappa shape index (κ3) is 3.55. The summed E-state index contributed by atoms with van der Waals surface area (Å²) in [4.78, 5) is 20.5. The summed E-state index contributed by atoms with van der Waals surface area (Å²) in [5.41, 5.74) is 2.36. The van der Waals surface area contributed by atoms with Crippen LogP contribution in [-0.2, 0) is 25.8 Å². The lowest BCUT2D eigenvalue weighted by Crippen LogP contribution is -2.26. The molecule has 4 rings (SSSR count). The van der Waals surface area contributed by atoms with Crippen LogP contribution in [0.15, 0.2) is 29.1 Å². The summed E-state index contributed by atoms with van der Waals surface area (Å²) in [7, 11) is 1.65. The first-order valence-corrected chi connectivity index (χ1v) is 10.6. The normalized spacial score (nSPS) is 13.3. The second-order valence-electron chi connectivity index (χ2n) is 7.16. The Hall–Kier alpha value is -2.65. The minimum Gasteiger partial charge on any atom is -0.497 e. The van der Waals surface area contributed by atoms with Crippen LogP contribution in [0.5, 0.6) is 5.75 Å². The molecule has 28 heavy (non-hydrogen) atoms. The van der Waals surface area contributed by atoms with Crippen LogP contribution < -0.4 is 10.3 Å². The number of aryl methyl sites for hydroxylation is 2. The van der Waals surface area contributed by atoms with Gasteiger partial charge < -0.3 is 4.74 Å². The standard InChI is InChI=1S/C22H23N3O2S/c1-27-16-10-8-15(9-11-16)14-19-24-21-20(17-6-2-3-7-18(17)28-21)22(26)25(19)13-5-4-12-23/h8-11H,2-7,13-14H2,1H3. The zero-order valence-electron chi connectivity index (χ0n) is 16.0. The van der Waals surface area contributed by atoms with Crippen LogP contribution >= 0.6 is 11.3 Å². The number of rotatable bonds is 6. The van der Waals surface area contributed by atoms with Crippen molar-refractivity contribution < 1.29 is 4.74 Å². The van der Waals surface area contributed by atoms with Crippen LogP contribution in [0.1, 0.15) is 47.5 Å². The van der Waals surface area contributed by atoms with Crippen molar-refractivity contribution >= 4 is 21.6 Å². The molecule has 1 aromatic carbocycles. The highest BCUT2D eigenvalue weighted by Crippen LogP contribution is 2.34. The van der Waals surface area contributed by atoms with Crippen molar-refractivity contribution in [2.24, 2.45) is 0 Å². The predicted molar refractivity (Wildman–Crippen MR) is 111 cm³/mol. The van der Waals surface area contributed by atoms with Gasteiger partial charge in [-0.1, -0.05) is 12.1 Å². The van der Waals surface area contributed by atoms with Gasteiger partial charge >= 0.3 is 0 Å². The Labute approximate surface area is 168 Å². The zero-order chi connectivity index (χ0) is 19.5. The Bertz CT molecular complexity index is 1090. The molecular weight excluding hydrogens is 370 g/mol. The molecule has 144 valence electrons. The Morgan fingerprint density at radius 3 is 2.79 bits per heavy atom. The van der Waals surface area contributed by atoms with Gasteiger partial charge in [0.15, 0.2) is 0 Å². The summed E-state index contributed by atoms with van der Waals surface area (Å²) in [6, 6.07) is 10.0. The minimum absolute atomic E-state index is 0.0610. The van der Waals surface area contributed by atoms with Gasteiger partial charge in [0, 0.05) is 24.3 Å². The summed E-state index contributed by atoms with van der Waals surface area (Å²) in [5.74, 6) is 1.59. The summed E-state index contributed by atoms with van der Waals surface area (Å²) in [6.07, 6.45) is 6.04. The summed E-state index contributed by atoms with van der Waals surface area (Å²) < 4.78 is 7.03. The van der Waals surface area contributed by atoms with Crippen LogP contribution in [0.2, 0.25) is 0 Å². The van der Waals surface area contributed by atoms with E-state index in [0.29, 0.717) is 25.8 Å². The quantitative estimate of drug-likeness (QED) is 0.588. The van der Waals surface area contributed by atoms with E-state index in [1.54, 1.807) is 23.0 Å². The molecule has 0 bridgehead atoms. The first-order chi connectivity index (χ1) is 13.7. The summed E-state index contributed by atoms with van der Waals surface area (Å²) >= 11 is 1.68. The molecule has 1 aliphatic carbocycles. The maximum atomic E-state index is 13.4. The van der Waals surface area contributed by atoms with Gasteiger partial charge in [0.25, 0.3) is 5.56 Å². The van der Waals surface area contributed by atoms with Gasteiger partial charge in [-0.15, -0.1) is 11.3 Å². The van der Waals surface area contributed by atoms with Gasteiger partial charge in [-0.25, -0.2) is 4.98 Å². The van der Waals surface area contributed by atoms with Gasteiger partial charge in [0.2, 0.25) is 0 Å². The lowest BCUT2D eigenvalue weighted by molar-refractivity contribution is 0.414. The molecule has 0 atom stereocenters. The number of benzene rings is 1. The maximum Gasteiger partial charge on any atom is 0.262 e. The summed E-state index contributed by atoms with van der Waals surface area (Å²) in [6.45, 7) is 0.533. The van der Waals surface area contributed by atoms with Crippen LogP contribution in [0, 0.1) is 11.3 Å². The molecular formula is C22H23N3O2S. The smallest absolute Gasteiger partial charge is 0.262 e. The van der Waals surface area contributed by atoms with Crippen LogP contribution in [-0.4, -0.2) is 16.7 Å². The number of hydrogen-bond donors (Lipinski definition) is 0. The van der Waals surface area contributed by atoms with Crippen molar-refractivity contribution in [2.75, 3.05) is 7.11 Å². The van der Waals surface area contributed by atoms with E-state index < -0.39 is 0 Å². The number of nitrogens with zero attached hydrogens (tertiary/aromatic N) is 3. The van der Waals surface area contributed by atoms with E-state index in [2.05, 4.69) is 6.07 Å². The molecule has 2 heterocycles. The third-order valence-electron chi connectivity index (χ3n) is 5.35. The maximum absolute atomic E-state index is 13.4. The average molecular weight is 394 g/mol. The van der Waals surface area contributed by atoms with Crippen molar-refractivity contribution in [1.29, 1.82) is 5.26 Å². The third-order valence-corrected chi connectivity index (χ3v) is 6.53. The van der Waals surface area contributed by atoms with Gasteiger partial charge in [0.1, 0.15) is 16.4 Å². The Morgan fingerprint density at radius 2 is 2.04 bits per heavy atom. The molecule has 0 spiro atoms. The fourth-order valence-electron chi connectivity index (χ4n) is 3.89. The molecule has 6 heteroatoms. The largest absolute Gasteiger partial charge is 0.497 e. The molecule has 5 nitrogen and oxygen atoms in total. The minimum atomic E-state index is 0.0610. The fourth-order valence-corrected chi connectivity index (χ4v) is 5.16. The number of aromatic nitrogens is 2.